The second-order valence-electron chi connectivity index (χ2n) is 8.23. The molecule has 1 atom stereocenters. The summed E-state index contributed by atoms with van der Waals surface area (Å²) < 4.78 is 18.8. The lowest BCUT2D eigenvalue weighted by molar-refractivity contribution is 0.315. The molecular weight excluding hydrogens is 379 g/mol. The predicted molar refractivity (Wildman–Crippen MR) is 117 cm³/mol. The summed E-state index contributed by atoms with van der Waals surface area (Å²) >= 11 is 0. The van der Waals surface area contributed by atoms with Crippen LogP contribution in [-0.2, 0) is 12.8 Å². The van der Waals surface area contributed by atoms with E-state index >= 15 is 0 Å². The molecule has 0 radical (unpaired) electrons. The standard InChI is InChI=1S/C24H29FN4O/c1-28(2)22-15-16-29(17-22)21-13-9-19(10-14-21)24-27-26-23(30-24)6-4-3-5-18-7-11-20(25)12-8-18/h7-14,22H,3-6,15-17H2,1-2H3. The Balaban J connectivity index is 1.28. The van der Waals surface area contributed by atoms with Crippen molar-refractivity contribution in [1.82, 2.24) is 15.1 Å². The van der Waals surface area contributed by atoms with E-state index in [9.17, 15) is 4.39 Å². The van der Waals surface area contributed by atoms with Crippen molar-refractivity contribution in [2.45, 2.75) is 38.1 Å². The average molecular weight is 409 g/mol. The summed E-state index contributed by atoms with van der Waals surface area (Å²) in [7, 11) is 4.29. The predicted octanol–water partition coefficient (Wildman–Crippen LogP) is 4.58. The van der Waals surface area contributed by atoms with Crippen LogP contribution in [0.3, 0.4) is 0 Å². The maximum absolute atomic E-state index is 13.0. The first-order valence-electron chi connectivity index (χ1n) is 10.7. The van der Waals surface area contributed by atoms with Gasteiger partial charge in [-0.15, -0.1) is 10.2 Å². The normalized spacial score (nSPS) is 16.5. The second kappa shape index (κ2) is 9.39. The zero-order chi connectivity index (χ0) is 20.9. The first-order chi connectivity index (χ1) is 14.6. The molecule has 0 N–H and O–H groups in total. The van der Waals surface area contributed by atoms with Crippen molar-refractivity contribution in [3.63, 3.8) is 0 Å². The number of rotatable bonds is 8. The van der Waals surface area contributed by atoms with Gasteiger partial charge >= 0.3 is 0 Å². The van der Waals surface area contributed by atoms with Gasteiger partial charge in [-0.3, -0.25) is 0 Å². The Morgan fingerprint density at radius 1 is 1.00 bits per heavy atom. The monoisotopic (exact) mass is 408 g/mol. The van der Waals surface area contributed by atoms with E-state index in [0.29, 0.717) is 17.8 Å². The minimum absolute atomic E-state index is 0.191. The molecule has 2 heterocycles. The van der Waals surface area contributed by atoms with Crippen LogP contribution in [0.2, 0.25) is 0 Å². The maximum Gasteiger partial charge on any atom is 0.247 e. The highest BCUT2D eigenvalue weighted by Gasteiger charge is 2.24. The summed E-state index contributed by atoms with van der Waals surface area (Å²) in [6, 6.07) is 15.7. The van der Waals surface area contributed by atoms with Crippen molar-refractivity contribution in [3.8, 4) is 11.5 Å². The van der Waals surface area contributed by atoms with Gasteiger partial charge in [0.2, 0.25) is 11.8 Å². The molecule has 1 aliphatic rings. The van der Waals surface area contributed by atoms with Crippen molar-refractivity contribution < 1.29 is 8.81 Å². The van der Waals surface area contributed by atoms with Gasteiger partial charge in [-0.05, 0) is 81.7 Å². The summed E-state index contributed by atoms with van der Waals surface area (Å²) in [6.45, 7) is 2.15. The van der Waals surface area contributed by atoms with Gasteiger partial charge in [0.25, 0.3) is 0 Å². The number of benzene rings is 2. The molecule has 1 saturated heterocycles. The van der Waals surface area contributed by atoms with E-state index in [1.165, 1.54) is 24.2 Å². The molecule has 1 aliphatic heterocycles. The molecule has 30 heavy (non-hydrogen) atoms. The molecule has 1 aromatic heterocycles. The van der Waals surface area contributed by atoms with Crippen molar-refractivity contribution in [1.29, 1.82) is 0 Å². The van der Waals surface area contributed by atoms with E-state index in [0.717, 1.165) is 49.9 Å². The number of unbranched alkanes of at least 4 members (excludes halogenated alkanes) is 1. The van der Waals surface area contributed by atoms with Gasteiger partial charge in [0.1, 0.15) is 5.82 Å². The Hall–Kier alpha value is -2.73. The minimum Gasteiger partial charge on any atom is -0.421 e. The summed E-state index contributed by atoms with van der Waals surface area (Å²) in [6.07, 6.45) is 4.84. The van der Waals surface area contributed by atoms with Crippen molar-refractivity contribution in [2.24, 2.45) is 0 Å². The van der Waals surface area contributed by atoms with Crippen molar-refractivity contribution >= 4 is 5.69 Å². The molecule has 0 spiro atoms. The van der Waals surface area contributed by atoms with Crippen LogP contribution >= 0.6 is 0 Å². The summed E-state index contributed by atoms with van der Waals surface area (Å²) in [5.74, 6) is 1.05. The fourth-order valence-electron chi connectivity index (χ4n) is 3.94. The lowest BCUT2D eigenvalue weighted by Crippen LogP contribution is -2.31. The number of hydrogen-bond donors (Lipinski definition) is 0. The number of hydrogen-bond acceptors (Lipinski definition) is 5. The number of aromatic nitrogens is 2. The molecule has 0 saturated carbocycles. The molecular formula is C24H29FN4O. The number of halogens is 1. The second-order valence-corrected chi connectivity index (χ2v) is 8.23. The van der Waals surface area contributed by atoms with E-state index in [1.807, 2.05) is 12.1 Å². The van der Waals surface area contributed by atoms with E-state index in [2.05, 4.69) is 58.4 Å². The van der Waals surface area contributed by atoms with Crippen LogP contribution in [-0.4, -0.2) is 48.3 Å². The van der Waals surface area contributed by atoms with Gasteiger partial charge in [0.05, 0.1) is 0 Å². The van der Waals surface area contributed by atoms with Crippen molar-refractivity contribution in [2.75, 3.05) is 32.1 Å². The molecule has 0 aliphatic carbocycles. The van der Waals surface area contributed by atoms with E-state index in [-0.39, 0.29) is 5.82 Å². The fraction of sp³-hybridized carbons (Fsp3) is 0.417. The van der Waals surface area contributed by atoms with E-state index in [1.54, 1.807) is 0 Å². The highest BCUT2D eigenvalue weighted by atomic mass is 19.1. The molecule has 0 amide bonds. The third-order valence-corrected chi connectivity index (χ3v) is 5.86. The van der Waals surface area contributed by atoms with E-state index in [4.69, 9.17) is 4.42 Å². The summed E-state index contributed by atoms with van der Waals surface area (Å²) in [4.78, 5) is 4.73. The number of likely N-dealkylation sites (N-methyl/N-ethyl adjacent to an activating group) is 1. The molecule has 6 heteroatoms. The van der Waals surface area contributed by atoms with Crippen LogP contribution in [0.4, 0.5) is 10.1 Å². The summed E-state index contributed by atoms with van der Waals surface area (Å²) in [5, 5.41) is 8.41. The highest BCUT2D eigenvalue weighted by molar-refractivity contribution is 5.59. The SMILES string of the molecule is CN(C)C1CCN(c2ccc(-c3nnc(CCCCc4ccc(F)cc4)o3)cc2)C1. The quantitative estimate of drug-likeness (QED) is 0.511. The highest BCUT2D eigenvalue weighted by Crippen LogP contribution is 2.26. The Kier molecular flexibility index (Phi) is 6.43. The zero-order valence-corrected chi connectivity index (χ0v) is 17.7. The molecule has 1 unspecified atom stereocenters. The first kappa shape index (κ1) is 20.5. The van der Waals surface area contributed by atoms with Gasteiger partial charge in [0, 0.05) is 36.8 Å². The Bertz CT molecular complexity index is 937. The number of nitrogens with zero attached hydrogens (tertiary/aromatic N) is 4. The molecule has 5 nitrogen and oxygen atoms in total. The molecule has 3 aromatic rings. The van der Waals surface area contributed by atoms with Crippen LogP contribution < -0.4 is 4.90 Å². The smallest absolute Gasteiger partial charge is 0.247 e. The first-order valence-corrected chi connectivity index (χ1v) is 10.7. The minimum atomic E-state index is -0.191. The zero-order valence-electron chi connectivity index (χ0n) is 17.7. The molecule has 4 rings (SSSR count). The Morgan fingerprint density at radius 3 is 2.43 bits per heavy atom. The largest absolute Gasteiger partial charge is 0.421 e. The fourth-order valence-corrected chi connectivity index (χ4v) is 3.94. The van der Waals surface area contributed by atoms with Gasteiger partial charge in [0.15, 0.2) is 0 Å². The average Bonchev–Trinajstić information content (AvgIpc) is 3.43. The number of anilines is 1. The van der Waals surface area contributed by atoms with E-state index < -0.39 is 0 Å². The van der Waals surface area contributed by atoms with Gasteiger partial charge in [-0.25, -0.2) is 4.39 Å². The molecule has 2 aromatic carbocycles. The number of aryl methyl sites for hydroxylation is 2. The maximum atomic E-state index is 13.0. The van der Waals surface area contributed by atoms with Crippen LogP contribution in [0.15, 0.2) is 52.9 Å². The lowest BCUT2D eigenvalue weighted by Gasteiger charge is -2.21. The van der Waals surface area contributed by atoms with Crippen LogP contribution in [0.25, 0.3) is 11.5 Å². The van der Waals surface area contributed by atoms with Crippen LogP contribution in [0.5, 0.6) is 0 Å². The molecule has 158 valence electrons. The van der Waals surface area contributed by atoms with Crippen LogP contribution in [0.1, 0.15) is 30.7 Å². The van der Waals surface area contributed by atoms with Crippen LogP contribution in [0, 0.1) is 5.82 Å². The molecule has 1 fully saturated rings. The Morgan fingerprint density at radius 2 is 1.73 bits per heavy atom. The third-order valence-electron chi connectivity index (χ3n) is 5.86. The van der Waals surface area contributed by atoms with Gasteiger partial charge < -0.3 is 14.2 Å². The summed E-state index contributed by atoms with van der Waals surface area (Å²) in [5.41, 5.74) is 3.34. The lowest BCUT2D eigenvalue weighted by atomic mass is 10.1. The topological polar surface area (TPSA) is 45.4 Å². The Labute approximate surface area is 177 Å². The van der Waals surface area contributed by atoms with Gasteiger partial charge in [-0.2, -0.15) is 0 Å². The third kappa shape index (κ3) is 5.05. The van der Waals surface area contributed by atoms with Gasteiger partial charge in [-0.1, -0.05) is 12.1 Å². The van der Waals surface area contributed by atoms with Crippen molar-refractivity contribution in [3.05, 3.63) is 65.8 Å². The molecule has 0 bridgehead atoms.